The third-order valence-electron chi connectivity index (χ3n) is 3.28. The summed E-state index contributed by atoms with van der Waals surface area (Å²) in [6.07, 6.45) is -16.6. The van der Waals surface area contributed by atoms with Crippen molar-refractivity contribution >= 4 is 0 Å². The molecule has 1 aromatic rings. The fourth-order valence-corrected chi connectivity index (χ4v) is 2.26. The maximum Gasteiger partial charge on any atom is 0.161 e. The quantitative estimate of drug-likeness (QED) is 0.915. The third kappa shape index (κ3) is 3.20. The van der Waals surface area contributed by atoms with Crippen LogP contribution >= 0.6 is 0 Å². The molecule has 4 heteroatoms. The smallest absolute Gasteiger partial charge is 0.161 e. The van der Waals surface area contributed by atoms with Crippen molar-refractivity contribution in [1.82, 2.24) is 4.90 Å². The minimum atomic E-state index is -4.45. The lowest BCUT2D eigenvalue weighted by Crippen LogP contribution is -2.48. The van der Waals surface area contributed by atoms with Gasteiger partial charge < -0.3 is 14.6 Å². The Morgan fingerprint density at radius 3 is 2.96 bits per heavy atom. The number of aliphatic hydroxyl groups is 1. The van der Waals surface area contributed by atoms with Gasteiger partial charge in [0.25, 0.3) is 0 Å². The van der Waals surface area contributed by atoms with Crippen molar-refractivity contribution in [2.45, 2.75) is 44.9 Å². The minimum absolute atomic E-state index is 0.154. The molecule has 4 nitrogen and oxygen atoms in total. The van der Waals surface area contributed by atoms with Crippen molar-refractivity contribution in [2.24, 2.45) is 11.8 Å². The van der Waals surface area contributed by atoms with Crippen molar-refractivity contribution in [3.8, 4) is 11.5 Å². The first-order chi connectivity index (χ1) is 18.8. The Hall–Kier alpha value is -1.26. The van der Waals surface area contributed by atoms with Crippen LogP contribution in [0, 0.1) is 11.8 Å². The van der Waals surface area contributed by atoms with Crippen LogP contribution < -0.4 is 9.47 Å². The zero-order valence-electron chi connectivity index (χ0n) is 32.4. The average molecular weight is 340 g/mol. The molecule has 3 atom stereocenters. The second kappa shape index (κ2) is 6.70. The van der Waals surface area contributed by atoms with Crippen molar-refractivity contribution in [2.75, 3.05) is 27.3 Å². The topological polar surface area (TPSA) is 41.9 Å². The van der Waals surface area contributed by atoms with E-state index in [-0.39, 0.29) is 4.90 Å². The molecule has 1 N–H and O–H groups in total. The highest BCUT2D eigenvalue weighted by atomic mass is 16.5. The summed E-state index contributed by atoms with van der Waals surface area (Å²) in [6, 6.07) is -5.71. The van der Waals surface area contributed by atoms with Crippen LogP contribution in [-0.2, 0) is 6.37 Å². The first-order valence-corrected chi connectivity index (χ1v) is 6.57. The molecule has 128 valence electrons. The van der Waals surface area contributed by atoms with Crippen molar-refractivity contribution in [3.05, 3.63) is 23.2 Å². The van der Waals surface area contributed by atoms with Gasteiger partial charge in [0, 0.05) is 41.0 Å². The first kappa shape index (κ1) is 4.89. The fraction of sp³-hybridized carbons (Fsp3) is 0.684. The molecular formula is C19H29NO3. The van der Waals surface area contributed by atoms with E-state index in [0.717, 1.165) is 14.2 Å². The highest BCUT2D eigenvalue weighted by Gasteiger charge is 2.38. The van der Waals surface area contributed by atoms with Gasteiger partial charge >= 0.3 is 0 Å². The predicted molar refractivity (Wildman–Crippen MR) is 91.1 cm³/mol. The average Bonchev–Trinajstić information content (AvgIpc) is 2.82. The Morgan fingerprint density at radius 1 is 1.52 bits per heavy atom. The van der Waals surface area contributed by atoms with Crippen molar-refractivity contribution in [1.29, 1.82) is 0 Å². The van der Waals surface area contributed by atoms with E-state index < -0.39 is 104 Å². The maximum atomic E-state index is 11.5. The molecule has 0 spiro atoms. The van der Waals surface area contributed by atoms with Gasteiger partial charge in [-0.05, 0) is 54.1 Å². The summed E-state index contributed by atoms with van der Waals surface area (Å²) in [5.41, 5.74) is -2.27. The zero-order valence-corrected chi connectivity index (χ0v) is 12.4. The van der Waals surface area contributed by atoms with E-state index in [9.17, 15) is 6.48 Å². The number of ether oxygens (including phenoxy) is 2. The summed E-state index contributed by atoms with van der Waals surface area (Å²) < 4.78 is 178. The van der Waals surface area contributed by atoms with Gasteiger partial charge in [-0.15, -0.1) is 0 Å². The van der Waals surface area contributed by atoms with Crippen LogP contribution in [0.2, 0.25) is 0 Å². The second-order valence-corrected chi connectivity index (χ2v) is 4.69. The summed E-state index contributed by atoms with van der Waals surface area (Å²) in [7, 11) is 1.98. The van der Waals surface area contributed by atoms with E-state index in [2.05, 4.69) is 0 Å². The maximum absolute atomic E-state index is 11.5. The highest BCUT2D eigenvalue weighted by Crippen LogP contribution is 2.43. The number of rotatable bonds is 4. The van der Waals surface area contributed by atoms with Gasteiger partial charge in [0.05, 0.1) is 25.8 Å². The van der Waals surface area contributed by atoms with Crippen LogP contribution in [0.15, 0.2) is 12.1 Å². The molecule has 1 fully saturated rings. The molecule has 2 aliphatic heterocycles. The molecule has 1 aromatic carbocycles. The molecule has 0 saturated carbocycles. The molecule has 2 heterocycles. The summed E-state index contributed by atoms with van der Waals surface area (Å²) in [5.74, 6) is -9.79. The Labute approximate surface area is 167 Å². The van der Waals surface area contributed by atoms with Crippen molar-refractivity contribution in [3.63, 3.8) is 0 Å². The number of methoxy groups -OCH3 is 2. The van der Waals surface area contributed by atoms with Gasteiger partial charge in [0.15, 0.2) is 11.5 Å². The van der Waals surface area contributed by atoms with Crippen LogP contribution in [-0.4, -0.2) is 43.3 Å². The molecular weight excluding hydrogens is 290 g/mol. The SMILES string of the molecule is [2H]c1c(OC)c(OC)c([2H])c2c1C([2H])([2H])C([2H])([2H])N1CC([2H])(C([2H])([2H])C([2H])(C([2H])([2H])[2H])C([2H])([2H])[2H])C([2H])(O)C([2H])([2H])C21[2H]. The van der Waals surface area contributed by atoms with E-state index >= 15 is 0 Å². The molecule has 2 aliphatic rings. The van der Waals surface area contributed by atoms with Gasteiger partial charge in [-0.25, -0.2) is 0 Å². The van der Waals surface area contributed by atoms with E-state index in [1.807, 2.05) is 0 Å². The third-order valence-corrected chi connectivity index (χ3v) is 3.28. The van der Waals surface area contributed by atoms with Gasteiger partial charge in [-0.3, -0.25) is 4.90 Å². The first-order valence-electron chi connectivity index (χ1n) is 16.6. The molecule has 0 aromatic heterocycles. The van der Waals surface area contributed by atoms with Crippen LogP contribution in [0.1, 0.15) is 71.0 Å². The molecule has 0 bridgehead atoms. The minimum Gasteiger partial charge on any atom is -0.493 e. The van der Waals surface area contributed by atoms with Crippen LogP contribution in [0.5, 0.6) is 11.5 Å². The molecule has 0 radical (unpaired) electrons. The van der Waals surface area contributed by atoms with Gasteiger partial charge in [0.2, 0.25) is 0 Å². The number of piperidine rings is 1. The lowest BCUT2D eigenvalue weighted by atomic mass is 9.79. The number of benzene rings is 1. The lowest BCUT2D eigenvalue weighted by Gasteiger charge is -2.46. The summed E-state index contributed by atoms with van der Waals surface area (Å²) in [4.78, 5) is -0.154. The largest absolute Gasteiger partial charge is 0.493 e. The summed E-state index contributed by atoms with van der Waals surface area (Å²) in [5, 5.41) is 11.5. The molecule has 23 heavy (non-hydrogen) atoms. The van der Waals surface area contributed by atoms with Gasteiger partial charge in [-0.2, -0.15) is 0 Å². The molecule has 0 amide bonds. The Morgan fingerprint density at radius 2 is 2.26 bits per heavy atom. The van der Waals surface area contributed by atoms with E-state index in [4.69, 9.17) is 35.5 Å². The lowest BCUT2D eigenvalue weighted by molar-refractivity contribution is -0.0191. The molecule has 0 aliphatic carbocycles. The van der Waals surface area contributed by atoms with Crippen LogP contribution in [0.4, 0.5) is 0 Å². The second-order valence-electron chi connectivity index (χ2n) is 4.69. The van der Waals surface area contributed by atoms with Crippen LogP contribution in [0.25, 0.3) is 0 Å². The van der Waals surface area contributed by atoms with E-state index in [1.54, 1.807) is 0 Å². The van der Waals surface area contributed by atoms with E-state index in [1.165, 1.54) is 0 Å². The van der Waals surface area contributed by atoms with Gasteiger partial charge in [0.1, 0.15) is 0 Å². The zero-order chi connectivity index (χ0) is 34.2. The number of hydrogen-bond acceptors (Lipinski definition) is 4. The Bertz CT molecular complexity index is 1310. The molecule has 3 unspecified atom stereocenters. The Kier molecular flexibility index (Phi) is 1.42. The number of hydrogen-bond donors (Lipinski definition) is 1. The summed E-state index contributed by atoms with van der Waals surface area (Å²) in [6.45, 7) is -14.0. The normalized spacial score (nSPS) is 58.6. The Balaban J connectivity index is 2.60. The van der Waals surface area contributed by atoms with E-state index in [0.29, 0.717) is 0 Å². The van der Waals surface area contributed by atoms with Crippen molar-refractivity contribution < 1.29 is 42.0 Å². The number of nitrogens with zero attached hydrogens (tertiary/aromatic N) is 1. The standard InChI is InChI=1S/C19H29NO3/c1-12(2)7-14-11-20-6-5-13-8-18(22-3)19(23-4)9-15(13)16(20)10-17(14)21/h8-9,12,14,16-17,21H,5-7,10-11H2,1-4H3/i1D3,2D3,5D2,6D2,7D2,8D,9D,10D2,12D,14D,16D,17D. The molecule has 1 saturated heterocycles. The predicted octanol–water partition coefficient (Wildman–Crippen LogP) is 3.03. The fourth-order valence-electron chi connectivity index (χ4n) is 2.26. The highest BCUT2D eigenvalue weighted by molar-refractivity contribution is 5.49. The summed E-state index contributed by atoms with van der Waals surface area (Å²) >= 11 is 0. The monoisotopic (exact) mass is 339 g/mol. The molecule has 3 rings (SSSR count). The number of fused-ring (bicyclic) bond motifs is 3. The van der Waals surface area contributed by atoms with Gasteiger partial charge in [-0.1, -0.05) is 13.7 Å². The van der Waals surface area contributed by atoms with Crippen LogP contribution in [0.3, 0.4) is 0 Å².